The van der Waals surface area contributed by atoms with Gasteiger partial charge in [0.15, 0.2) is 0 Å². The lowest BCUT2D eigenvalue weighted by Crippen LogP contribution is -2.28. The van der Waals surface area contributed by atoms with Gasteiger partial charge < -0.3 is 9.79 Å². The van der Waals surface area contributed by atoms with E-state index >= 15 is 0 Å². The molecule has 0 fully saturated rings. The molecule has 2 aromatic rings. The zero-order valence-electron chi connectivity index (χ0n) is 15.7. The SMILES string of the molecule is CCCCCCCCCC(c1ccccc1)(c1ccccc1)P(=O)(O)O. The van der Waals surface area contributed by atoms with Gasteiger partial charge in [-0.2, -0.15) is 0 Å². The molecule has 0 amide bonds. The first-order valence-electron chi connectivity index (χ1n) is 9.69. The first kappa shape index (κ1) is 20.9. The van der Waals surface area contributed by atoms with E-state index < -0.39 is 12.8 Å². The van der Waals surface area contributed by atoms with Crippen molar-refractivity contribution in [1.82, 2.24) is 0 Å². The topological polar surface area (TPSA) is 57.5 Å². The van der Waals surface area contributed by atoms with E-state index in [4.69, 9.17) is 0 Å². The predicted octanol–water partition coefficient (Wildman–Crippen LogP) is 6.25. The summed E-state index contributed by atoms with van der Waals surface area (Å²) in [6.45, 7) is 2.20. The van der Waals surface area contributed by atoms with Crippen LogP contribution < -0.4 is 0 Å². The van der Waals surface area contributed by atoms with Crippen LogP contribution >= 0.6 is 7.60 Å². The van der Waals surface area contributed by atoms with Gasteiger partial charge in [0.05, 0.1) is 0 Å². The smallest absolute Gasteiger partial charge is 0.324 e. The number of unbranched alkanes of at least 4 members (excludes halogenated alkanes) is 6. The summed E-state index contributed by atoms with van der Waals surface area (Å²) in [6, 6.07) is 18.5. The maximum absolute atomic E-state index is 12.8. The fraction of sp³-hybridized carbons (Fsp3) is 0.455. The minimum absolute atomic E-state index is 0.457. The van der Waals surface area contributed by atoms with Crippen LogP contribution in [0.3, 0.4) is 0 Å². The van der Waals surface area contributed by atoms with Crippen LogP contribution in [0.4, 0.5) is 0 Å². The van der Waals surface area contributed by atoms with Crippen molar-refractivity contribution in [2.45, 2.75) is 63.4 Å². The van der Waals surface area contributed by atoms with Crippen LogP contribution in [-0.2, 0) is 9.72 Å². The fourth-order valence-corrected chi connectivity index (χ4v) is 5.12. The zero-order chi connectivity index (χ0) is 18.9. The molecule has 3 nitrogen and oxygen atoms in total. The van der Waals surface area contributed by atoms with Crippen LogP contribution in [0.2, 0.25) is 0 Å². The van der Waals surface area contributed by atoms with Gasteiger partial charge in [-0.1, -0.05) is 113 Å². The van der Waals surface area contributed by atoms with Gasteiger partial charge in [0.25, 0.3) is 0 Å². The van der Waals surface area contributed by atoms with E-state index in [9.17, 15) is 14.4 Å². The molecule has 4 heteroatoms. The normalized spacial score (nSPS) is 12.3. The van der Waals surface area contributed by atoms with Gasteiger partial charge in [-0.3, -0.25) is 4.57 Å². The van der Waals surface area contributed by atoms with E-state index in [1.54, 1.807) is 0 Å². The Balaban J connectivity index is 2.25. The lowest BCUT2D eigenvalue weighted by atomic mass is 9.85. The van der Waals surface area contributed by atoms with Crippen LogP contribution in [0, 0.1) is 0 Å². The van der Waals surface area contributed by atoms with Crippen LogP contribution in [0.1, 0.15) is 69.4 Å². The third kappa shape index (κ3) is 5.07. The Hall–Kier alpha value is -1.41. The third-order valence-corrected chi connectivity index (χ3v) is 6.88. The molecule has 2 aromatic carbocycles. The molecule has 0 unspecified atom stereocenters. The van der Waals surface area contributed by atoms with Gasteiger partial charge >= 0.3 is 7.60 Å². The number of hydrogen-bond donors (Lipinski definition) is 2. The van der Waals surface area contributed by atoms with Crippen molar-refractivity contribution in [3.8, 4) is 0 Å². The van der Waals surface area contributed by atoms with Crippen molar-refractivity contribution in [3.05, 3.63) is 71.8 Å². The lowest BCUT2D eigenvalue weighted by Gasteiger charge is -2.35. The Kier molecular flexibility index (Phi) is 8.09. The predicted molar refractivity (Wildman–Crippen MR) is 108 cm³/mol. The molecule has 0 aromatic heterocycles. The van der Waals surface area contributed by atoms with Crippen LogP contribution in [0.25, 0.3) is 0 Å². The van der Waals surface area contributed by atoms with E-state index in [0.717, 1.165) is 19.3 Å². The van der Waals surface area contributed by atoms with Crippen LogP contribution in [0.15, 0.2) is 60.7 Å². The van der Waals surface area contributed by atoms with Crippen molar-refractivity contribution in [1.29, 1.82) is 0 Å². The zero-order valence-corrected chi connectivity index (χ0v) is 16.6. The maximum atomic E-state index is 12.8. The molecule has 2 N–H and O–H groups in total. The van der Waals surface area contributed by atoms with Crippen molar-refractivity contribution in [3.63, 3.8) is 0 Å². The molecule has 0 spiro atoms. The minimum Gasteiger partial charge on any atom is -0.324 e. The molecular formula is C22H31O3P. The molecule has 0 radical (unpaired) electrons. The fourth-order valence-electron chi connectivity index (χ4n) is 3.70. The average Bonchev–Trinajstić information content (AvgIpc) is 2.64. The second-order valence-corrected chi connectivity index (χ2v) is 8.86. The van der Waals surface area contributed by atoms with Crippen molar-refractivity contribution in [2.75, 3.05) is 0 Å². The van der Waals surface area contributed by atoms with Gasteiger partial charge in [-0.15, -0.1) is 0 Å². The van der Waals surface area contributed by atoms with E-state index in [2.05, 4.69) is 6.92 Å². The van der Waals surface area contributed by atoms with Crippen LogP contribution in [-0.4, -0.2) is 9.79 Å². The minimum atomic E-state index is -4.42. The first-order valence-corrected chi connectivity index (χ1v) is 11.3. The number of rotatable bonds is 11. The quantitative estimate of drug-likeness (QED) is 0.361. The summed E-state index contributed by atoms with van der Waals surface area (Å²) in [6.07, 6.45) is 8.33. The van der Waals surface area contributed by atoms with Gasteiger partial charge in [0.2, 0.25) is 0 Å². The molecule has 26 heavy (non-hydrogen) atoms. The Bertz CT molecular complexity index is 640. The highest BCUT2D eigenvalue weighted by atomic mass is 31.2. The highest BCUT2D eigenvalue weighted by molar-refractivity contribution is 7.53. The van der Waals surface area contributed by atoms with Crippen LogP contribution in [0.5, 0.6) is 0 Å². The summed E-state index contributed by atoms with van der Waals surface area (Å²) < 4.78 is 12.8. The molecular weight excluding hydrogens is 343 g/mol. The van der Waals surface area contributed by atoms with Gasteiger partial charge in [0, 0.05) is 0 Å². The molecule has 0 atom stereocenters. The van der Waals surface area contributed by atoms with E-state index in [1.165, 1.54) is 25.7 Å². The van der Waals surface area contributed by atoms with Gasteiger partial charge in [0.1, 0.15) is 5.16 Å². The second-order valence-electron chi connectivity index (χ2n) is 7.01. The highest BCUT2D eigenvalue weighted by Gasteiger charge is 2.49. The maximum Gasteiger partial charge on any atom is 0.340 e. The lowest BCUT2D eigenvalue weighted by molar-refractivity contribution is 0.329. The number of benzene rings is 2. The van der Waals surface area contributed by atoms with Gasteiger partial charge in [-0.05, 0) is 17.5 Å². The summed E-state index contributed by atoms with van der Waals surface area (Å²) in [7, 11) is -4.42. The summed E-state index contributed by atoms with van der Waals surface area (Å²) in [5, 5.41) is -1.26. The third-order valence-electron chi connectivity index (χ3n) is 5.14. The summed E-state index contributed by atoms with van der Waals surface area (Å²) >= 11 is 0. The summed E-state index contributed by atoms with van der Waals surface area (Å²) in [5.74, 6) is 0. The Morgan fingerprint density at radius 3 is 1.58 bits per heavy atom. The summed E-state index contributed by atoms with van der Waals surface area (Å²) in [5.41, 5.74) is 1.40. The molecule has 0 aliphatic carbocycles. The van der Waals surface area contributed by atoms with Gasteiger partial charge in [-0.25, -0.2) is 0 Å². The van der Waals surface area contributed by atoms with E-state index in [-0.39, 0.29) is 0 Å². The average molecular weight is 374 g/mol. The molecule has 0 saturated carbocycles. The Labute approximate surface area is 157 Å². The van der Waals surface area contributed by atoms with Crippen molar-refractivity contribution >= 4 is 7.60 Å². The monoisotopic (exact) mass is 374 g/mol. The first-order chi connectivity index (χ1) is 12.5. The van der Waals surface area contributed by atoms with Crippen molar-refractivity contribution in [2.24, 2.45) is 0 Å². The van der Waals surface area contributed by atoms with Crippen molar-refractivity contribution < 1.29 is 14.4 Å². The Morgan fingerprint density at radius 1 is 0.731 bits per heavy atom. The largest absolute Gasteiger partial charge is 0.340 e. The highest BCUT2D eigenvalue weighted by Crippen LogP contribution is 2.63. The number of hydrogen-bond acceptors (Lipinski definition) is 1. The summed E-state index contributed by atoms with van der Waals surface area (Å²) in [4.78, 5) is 20.8. The van der Waals surface area contributed by atoms with E-state index in [1.807, 2.05) is 60.7 Å². The molecule has 0 aliphatic heterocycles. The molecule has 0 bridgehead atoms. The molecule has 0 heterocycles. The molecule has 142 valence electrons. The standard InChI is InChI=1S/C22H31O3P/c1-2-3-4-5-6-7-14-19-22(26(23,24)25,20-15-10-8-11-16-20)21-17-12-9-13-18-21/h8-13,15-18H,2-7,14,19H2,1H3,(H2,23,24,25). The molecule has 0 saturated heterocycles. The molecule has 2 rings (SSSR count). The second kappa shape index (κ2) is 10.1. The van der Waals surface area contributed by atoms with E-state index in [0.29, 0.717) is 17.5 Å². The Morgan fingerprint density at radius 2 is 1.15 bits per heavy atom. The molecule has 0 aliphatic rings.